The molecule has 0 aliphatic heterocycles. The zero-order chi connectivity index (χ0) is 15.7. The van der Waals surface area contributed by atoms with Crippen molar-refractivity contribution in [3.05, 3.63) is 34.9 Å². The van der Waals surface area contributed by atoms with E-state index in [0.29, 0.717) is 31.0 Å². The van der Waals surface area contributed by atoms with Gasteiger partial charge in [-0.25, -0.2) is 9.59 Å². The molecule has 0 aromatic heterocycles. The minimum atomic E-state index is -1.05. The number of benzene rings is 1. The average molecular weight is 314 g/mol. The van der Waals surface area contributed by atoms with Crippen molar-refractivity contribution in [3.63, 3.8) is 0 Å². The summed E-state index contributed by atoms with van der Waals surface area (Å²) in [6.07, 6.45) is 1.75. The molecule has 0 saturated heterocycles. The highest BCUT2D eigenvalue weighted by Crippen LogP contribution is 2.09. The Balaban J connectivity index is 2.39. The number of hydrogen-bond acceptors (Lipinski definition) is 3. The van der Waals surface area contributed by atoms with Crippen molar-refractivity contribution >= 4 is 23.6 Å². The van der Waals surface area contributed by atoms with Crippen LogP contribution in [0.1, 0.15) is 24.8 Å². The Hall–Kier alpha value is -1.79. The molecule has 0 spiro atoms. The third-order valence-electron chi connectivity index (χ3n) is 2.92. The van der Waals surface area contributed by atoms with E-state index in [0.717, 1.165) is 12.0 Å². The molecule has 21 heavy (non-hydrogen) atoms. The summed E-state index contributed by atoms with van der Waals surface area (Å²) in [6, 6.07) is 5.62. The summed E-state index contributed by atoms with van der Waals surface area (Å²) >= 11 is 5.76. The minimum Gasteiger partial charge on any atom is -0.480 e. The number of carboxylic acid groups (broad SMARTS) is 1. The van der Waals surface area contributed by atoms with Gasteiger partial charge in [-0.2, -0.15) is 0 Å². The second-order valence-corrected chi connectivity index (χ2v) is 5.07. The number of carboxylic acids is 1. The predicted octanol–water partition coefficient (Wildman–Crippen LogP) is 1.72. The molecule has 1 atom stereocenters. The van der Waals surface area contributed by atoms with Gasteiger partial charge in [0.1, 0.15) is 6.04 Å². The fourth-order valence-electron chi connectivity index (χ4n) is 1.74. The van der Waals surface area contributed by atoms with Crippen LogP contribution >= 0.6 is 11.6 Å². The smallest absolute Gasteiger partial charge is 0.326 e. The summed E-state index contributed by atoms with van der Waals surface area (Å²) in [5, 5.41) is 14.7. The largest absolute Gasteiger partial charge is 0.480 e. The van der Waals surface area contributed by atoms with Crippen LogP contribution in [-0.2, 0) is 11.3 Å². The maximum atomic E-state index is 11.7. The van der Waals surface area contributed by atoms with Crippen molar-refractivity contribution < 1.29 is 14.7 Å². The third kappa shape index (κ3) is 6.97. The molecule has 116 valence electrons. The van der Waals surface area contributed by atoms with E-state index in [9.17, 15) is 9.59 Å². The normalized spacial score (nSPS) is 11.7. The number of hydrogen-bond donors (Lipinski definition) is 4. The fourth-order valence-corrected chi connectivity index (χ4v) is 1.87. The first kappa shape index (κ1) is 17.3. The van der Waals surface area contributed by atoms with Gasteiger partial charge in [-0.3, -0.25) is 0 Å². The Morgan fingerprint density at radius 1 is 1.24 bits per heavy atom. The molecule has 0 unspecified atom stereocenters. The number of rotatable bonds is 8. The van der Waals surface area contributed by atoms with Gasteiger partial charge in [0.25, 0.3) is 0 Å². The number of carbonyl (C=O) groups is 2. The van der Waals surface area contributed by atoms with Gasteiger partial charge in [0, 0.05) is 11.6 Å². The number of halogens is 1. The van der Waals surface area contributed by atoms with Crippen molar-refractivity contribution in [2.75, 3.05) is 6.54 Å². The lowest BCUT2D eigenvalue weighted by Gasteiger charge is -2.15. The van der Waals surface area contributed by atoms with Crippen LogP contribution in [0, 0.1) is 0 Å². The van der Waals surface area contributed by atoms with E-state index in [1.54, 1.807) is 24.3 Å². The second kappa shape index (κ2) is 9.20. The van der Waals surface area contributed by atoms with Crippen molar-refractivity contribution in [2.24, 2.45) is 5.73 Å². The van der Waals surface area contributed by atoms with Gasteiger partial charge in [-0.05, 0) is 43.5 Å². The van der Waals surface area contributed by atoms with E-state index in [1.165, 1.54) is 0 Å². The second-order valence-electron chi connectivity index (χ2n) is 4.63. The number of aliphatic carboxylic acids is 1. The summed E-state index contributed by atoms with van der Waals surface area (Å²) in [7, 11) is 0. The van der Waals surface area contributed by atoms with E-state index in [2.05, 4.69) is 10.6 Å². The van der Waals surface area contributed by atoms with Gasteiger partial charge >= 0.3 is 12.0 Å². The van der Waals surface area contributed by atoms with Crippen LogP contribution in [0.3, 0.4) is 0 Å². The summed E-state index contributed by atoms with van der Waals surface area (Å²) < 4.78 is 0. The van der Waals surface area contributed by atoms with Crippen LogP contribution in [0.2, 0.25) is 5.02 Å². The third-order valence-corrected chi connectivity index (χ3v) is 3.17. The molecule has 7 heteroatoms. The number of carbonyl (C=O) groups excluding carboxylic acids is 1. The molecule has 0 saturated carbocycles. The summed E-state index contributed by atoms with van der Waals surface area (Å²) in [5.41, 5.74) is 6.24. The lowest BCUT2D eigenvalue weighted by atomic mass is 10.1. The molecule has 0 aliphatic rings. The topological polar surface area (TPSA) is 104 Å². The molecule has 0 heterocycles. The Morgan fingerprint density at radius 3 is 2.48 bits per heavy atom. The van der Waals surface area contributed by atoms with Crippen LogP contribution in [0.15, 0.2) is 24.3 Å². The molecular weight excluding hydrogens is 294 g/mol. The van der Waals surface area contributed by atoms with E-state index >= 15 is 0 Å². The van der Waals surface area contributed by atoms with Gasteiger partial charge in [0.2, 0.25) is 0 Å². The van der Waals surface area contributed by atoms with Crippen molar-refractivity contribution in [2.45, 2.75) is 31.8 Å². The minimum absolute atomic E-state index is 0.304. The molecule has 0 fully saturated rings. The fraction of sp³-hybridized carbons (Fsp3) is 0.429. The molecule has 1 aromatic rings. The first-order valence-corrected chi connectivity index (χ1v) is 7.12. The van der Waals surface area contributed by atoms with E-state index in [-0.39, 0.29) is 0 Å². The van der Waals surface area contributed by atoms with Crippen LogP contribution in [-0.4, -0.2) is 29.7 Å². The quantitative estimate of drug-likeness (QED) is 0.548. The van der Waals surface area contributed by atoms with Crippen LogP contribution in [0.5, 0.6) is 0 Å². The summed E-state index contributed by atoms with van der Waals surface area (Å²) in [4.78, 5) is 22.7. The highest BCUT2D eigenvalue weighted by Gasteiger charge is 2.18. The Labute approximate surface area is 128 Å². The molecule has 5 N–H and O–H groups in total. The maximum absolute atomic E-state index is 11.7. The monoisotopic (exact) mass is 313 g/mol. The zero-order valence-electron chi connectivity index (χ0n) is 11.6. The first-order valence-electron chi connectivity index (χ1n) is 6.74. The summed E-state index contributed by atoms with van der Waals surface area (Å²) in [6.45, 7) is 0.813. The van der Waals surface area contributed by atoms with E-state index in [1.807, 2.05) is 0 Å². The van der Waals surface area contributed by atoms with Crippen LogP contribution < -0.4 is 16.4 Å². The molecule has 1 aromatic carbocycles. The number of nitrogens with two attached hydrogens (primary N) is 1. The Bertz CT molecular complexity index is 465. The standard InChI is InChI=1S/C14H20ClN3O3/c15-11-6-4-10(5-7-11)9-17-14(21)18-12(13(19)20)3-1-2-8-16/h4-7,12H,1-3,8-9,16H2,(H,19,20)(H2,17,18,21)/t12-/m1/s1. The highest BCUT2D eigenvalue weighted by molar-refractivity contribution is 6.30. The van der Waals surface area contributed by atoms with Gasteiger partial charge in [-0.1, -0.05) is 23.7 Å². The van der Waals surface area contributed by atoms with Gasteiger partial charge in [0.15, 0.2) is 0 Å². The first-order chi connectivity index (χ1) is 10.0. The van der Waals surface area contributed by atoms with Crippen molar-refractivity contribution in [3.8, 4) is 0 Å². The number of nitrogens with one attached hydrogen (secondary N) is 2. The van der Waals surface area contributed by atoms with E-state index in [4.69, 9.17) is 22.4 Å². The molecule has 0 bridgehead atoms. The van der Waals surface area contributed by atoms with Crippen LogP contribution in [0.4, 0.5) is 4.79 Å². The maximum Gasteiger partial charge on any atom is 0.326 e. The van der Waals surface area contributed by atoms with Gasteiger partial charge < -0.3 is 21.5 Å². The highest BCUT2D eigenvalue weighted by atomic mass is 35.5. The predicted molar refractivity (Wildman–Crippen MR) is 81.2 cm³/mol. The SMILES string of the molecule is NCCCC[C@@H](NC(=O)NCc1ccc(Cl)cc1)C(=O)O. The number of amides is 2. The van der Waals surface area contributed by atoms with E-state index < -0.39 is 18.0 Å². The van der Waals surface area contributed by atoms with Gasteiger partial charge in [-0.15, -0.1) is 0 Å². The molecule has 6 nitrogen and oxygen atoms in total. The molecule has 0 aliphatic carbocycles. The van der Waals surface area contributed by atoms with Crippen molar-refractivity contribution in [1.29, 1.82) is 0 Å². The molecular formula is C14H20ClN3O3. The number of urea groups is 1. The van der Waals surface area contributed by atoms with Gasteiger partial charge in [0.05, 0.1) is 0 Å². The molecule has 1 rings (SSSR count). The Morgan fingerprint density at radius 2 is 1.90 bits per heavy atom. The summed E-state index contributed by atoms with van der Waals surface area (Å²) in [5.74, 6) is -1.05. The Kier molecular flexibility index (Phi) is 7.56. The van der Waals surface area contributed by atoms with Crippen molar-refractivity contribution in [1.82, 2.24) is 10.6 Å². The lowest BCUT2D eigenvalue weighted by Crippen LogP contribution is -2.45. The average Bonchev–Trinajstić information content (AvgIpc) is 2.45. The van der Waals surface area contributed by atoms with Crippen LogP contribution in [0.25, 0.3) is 0 Å². The lowest BCUT2D eigenvalue weighted by molar-refractivity contribution is -0.139. The number of unbranched alkanes of at least 4 members (excludes halogenated alkanes) is 1. The zero-order valence-corrected chi connectivity index (χ0v) is 12.4. The molecule has 0 radical (unpaired) electrons. The molecule has 2 amide bonds.